The molecular formula is C88H108ClF12I2NO12+2. The largest absolute Gasteiger partial charge is 1.00 e. The van der Waals surface area contributed by atoms with Crippen molar-refractivity contribution < 1.29 is 170 Å². The maximum absolute atomic E-state index is 13.7. The Kier molecular flexibility index (Phi) is 29.9. The van der Waals surface area contributed by atoms with Crippen LogP contribution in [0.4, 0.5) is 52.7 Å². The van der Waals surface area contributed by atoms with Gasteiger partial charge in [0.1, 0.15) is 73.8 Å². The summed E-state index contributed by atoms with van der Waals surface area (Å²) in [6, 6.07) is 45.2. The number of carbonyl (C=O) groups is 2. The average Bonchev–Trinajstić information content (AvgIpc) is 1.13. The van der Waals surface area contributed by atoms with Crippen molar-refractivity contribution in [2.75, 3.05) is 46.1 Å². The first-order valence-electron chi connectivity index (χ1n) is 39.2. The summed E-state index contributed by atoms with van der Waals surface area (Å²) in [6.45, 7) is 24.3. The number of nitrogens with one attached hydrogen (secondary N) is 1. The predicted molar refractivity (Wildman–Crippen MR) is 400 cm³/mol. The second-order valence-electron chi connectivity index (χ2n) is 34.3. The number of phenolic OH excluding ortho intramolecular Hbond substituents is 2. The fourth-order valence-corrected chi connectivity index (χ4v) is 21.6. The first-order chi connectivity index (χ1) is 53.5. The van der Waals surface area contributed by atoms with E-state index in [4.69, 9.17) is 37.9 Å². The number of quaternary nitrogens is 1. The van der Waals surface area contributed by atoms with E-state index in [1.165, 1.54) is 56.2 Å². The molecule has 3 N–H and O–H groups in total. The Morgan fingerprint density at radius 2 is 0.724 bits per heavy atom. The van der Waals surface area contributed by atoms with Crippen LogP contribution in [0.15, 0.2) is 133 Å². The molecule has 0 amide bonds. The molecule has 2 spiro atoms. The second kappa shape index (κ2) is 36.9. The summed E-state index contributed by atoms with van der Waals surface area (Å²) in [6.07, 6.45) is 2.93. The molecule has 28 heteroatoms. The third-order valence-corrected chi connectivity index (χ3v) is 29.4. The number of carbonyl (C=O) groups excluding carboxylic acids is 2. The van der Waals surface area contributed by atoms with E-state index in [-0.39, 0.29) is 115 Å². The highest BCUT2D eigenvalue weighted by Crippen LogP contribution is 2.66. The Bertz CT molecular complexity index is 3920. The van der Waals surface area contributed by atoms with E-state index >= 15 is 0 Å². The number of hydrogen-bond donors (Lipinski definition) is 3. The highest BCUT2D eigenvalue weighted by atomic mass is 127. The molecule has 2 saturated heterocycles. The van der Waals surface area contributed by atoms with Gasteiger partial charge in [0.05, 0.1) is 19.6 Å². The van der Waals surface area contributed by atoms with E-state index in [0.29, 0.717) is 65.6 Å². The van der Waals surface area contributed by atoms with Gasteiger partial charge in [-0.05, 0) is 229 Å². The van der Waals surface area contributed by atoms with Gasteiger partial charge in [-0.3, -0.25) is 0 Å². The summed E-state index contributed by atoms with van der Waals surface area (Å²) in [7, 11) is 0. The Balaban J connectivity index is 0.000000171. The van der Waals surface area contributed by atoms with E-state index < -0.39 is 120 Å². The number of hydrogen-bond acceptors (Lipinski definition) is 12. The molecular weight excluding hydrogens is 1780 g/mol. The van der Waals surface area contributed by atoms with E-state index in [0.717, 1.165) is 22.6 Å². The van der Waals surface area contributed by atoms with Crippen LogP contribution in [0.25, 0.3) is 0 Å². The quantitative estimate of drug-likeness (QED) is 0.0453. The van der Waals surface area contributed by atoms with Crippen LogP contribution in [0, 0.1) is 63.6 Å². The van der Waals surface area contributed by atoms with E-state index in [2.05, 4.69) is 161 Å². The predicted octanol–water partition coefficient (Wildman–Crippen LogP) is 9.90. The summed E-state index contributed by atoms with van der Waals surface area (Å²) in [5, 5.41) is 18.7. The van der Waals surface area contributed by atoms with Crippen molar-refractivity contribution in [2.45, 2.75) is 237 Å². The van der Waals surface area contributed by atoms with Gasteiger partial charge in [0, 0.05) is 48.6 Å². The number of phenols is 2. The molecule has 8 saturated carbocycles. The third-order valence-electron chi connectivity index (χ3n) is 23.1. The molecule has 10 fully saturated rings. The van der Waals surface area contributed by atoms with Gasteiger partial charge in [-0.1, -0.05) is 90.1 Å². The minimum Gasteiger partial charge on any atom is -1.00 e. The summed E-state index contributed by atoms with van der Waals surface area (Å²) >= 11 is -0.394. The van der Waals surface area contributed by atoms with E-state index in [9.17, 15) is 72.5 Å². The molecule has 16 rings (SSSR count). The lowest BCUT2D eigenvalue weighted by molar-refractivity contribution is -0.894. The molecule has 640 valence electrons. The first kappa shape index (κ1) is 94.0. The molecule has 0 aromatic heterocycles. The minimum atomic E-state index is -4.36. The Morgan fingerprint density at radius 3 is 0.966 bits per heavy atom. The van der Waals surface area contributed by atoms with Crippen LogP contribution in [-0.2, 0) is 62.1 Å². The van der Waals surface area contributed by atoms with Gasteiger partial charge in [-0.25, -0.2) is 9.59 Å². The SMILES string of the molecule is CC(F)(F)C(=O)OC12CC3CC(C1)C1(OCC(F)(F)C(F)(F)CO1)C(C3)C2.CC(F)(F)C(=O)OC12CC3CC(C1)C1(OCC(F)(F)C(F)(F)CO1)C(C3)C2.CC[NH+](CC)CC.Cc1cc(OCc2ccc(O)cc2)ccc1[I+]c1ccc(C(C)(C)C)cc1.Cc1cc(OCc2ccc(O)cc2)ccc1[I+]c1ccc(C(C)(C)C)cc1.[Cl-]. The second-order valence-corrected chi connectivity index (χ2v) is 40.2. The monoisotopic (exact) mass is 1890 g/mol. The number of aromatic hydroxyl groups is 2. The number of aryl methyl sites for hydroxylation is 2. The number of esters is 2. The number of ether oxygens (including phenoxy) is 8. The molecule has 4 atom stereocenters. The number of benzene rings is 6. The zero-order valence-corrected chi connectivity index (χ0v) is 72.8. The molecule has 4 unspecified atom stereocenters. The van der Waals surface area contributed by atoms with Crippen LogP contribution in [0.5, 0.6) is 23.0 Å². The van der Waals surface area contributed by atoms with Crippen molar-refractivity contribution in [1.82, 2.24) is 0 Å². The zero-order chi connectivity index (χ0) is 84.3. The van der Waals surface area contributed by atoms with Crippen LogP contribution >= 0.6 is 0 Å². The lowest BCUT2D eigenvalue weighted by Crippen LogP contribution is -3.61. The first-order valence-corrected chi connectivity index (χ1v) is 43.5. The fourth-order valence-electron chi connectivity index (χ4n) is 16.9. The van der Waals surface area contributed by atoms with Crippen LogP contribution in [0.1, 0.15) is 174 Å². The molecule has 13 nitrogen and oxygen atoms in total. The fraction of sp³-hybridized carbons (Fsp3) is 0.568. The maximum atomic E-state index is 13.7. The third kappa shape index (κ3) is 22.7. The van der Waals surface area contributed by atoms with Gasteiger partial charge in [0.15, 0.2) is 25.9 Å². The summed E-state index contributed by atoms with van der Waals surface area (Å²) < 4.78 is 212. The van der Waals surface area contributed by atoms with Crippen molar-refractivity contribution in [3.8, 4) is 23.0 Å². The highest BCUT2D eigenvalue weighted by Gasteiger charge is 2.72. The zero-order valence-electron chi connectivity index (χ0n) is 67.7. The van der Waals surface area contributed by atoms with E-state index in [1.54, 1.807) is 29.2 Å². The molecule has 0 radical (unpaired) electrons. The van der Waals surface area contributed by atoms with Gasteiger partial charge in [0.2, 0.25) is 0 Å². The van der Waals surface area contributed by atoms with Crippen molar-refractivity contribution >= 4 is 11.9 Å². The Hall–Kier alpha value is -5.83. The minimum absolute atomic E-state index is 0. The summed E-state index contributed by atoms with van der Waals surface area (Å²) in [4.78, 5) is 25.1. The Labute approximate surface area is 699 Å². The van der Waals surface area contributed by atoms with Crippen molar-refractivity contribution in [1.29, 1.82) is 0 Å². The molecule has 6 aromatic carbocycles. The van der Waals surface area contributed by atoms with Crippen molar-refractivity contribution in [2.24, 2.45) is 35.5 Å². The summed E-state index contributed by atoms with van der Waals surface area (Å²) in [5.41, 5.74) is 5.51. The summed E-state index contributed by atoms with van der Waals surface area (Å²) in [5.74, 6) is -31.2. The van der Waals surface area contributed by atoms with E-state index in [1.807, 2.05) is 24.3 Å². The number of alkyl halides is 12. The van der Waals surface area contributed by atoms with Crippen LogP contribution in [0.2, 0.25) is 0 Å². The van der Waals surface area contributed by atoms with Crippen LogP contribution in [-0.4, -0.2) is 127 Å². The van der Waals surface area contributed by atoms with Crippen LogP contribution < -0.4 is 69.2 Å². The topological polar surface area (TPSA) is 153 Å². The van der Waals surface area contributed by atoms with Gasteiger partial charge >= 0.3 is 89.9 Å². The van der Waals surface area contributed by atoms with Gasteiger partial charge in [0.25, 0.3) is 0 Å². The lowest BCUT2D eigenvalue weighted by atomic mass is 9.51. The smallest absolute Gasteiger partial charge is 0.377 e. The van der Waals surface area contributed by atoms with Gasteiger partial charge in [-0.15, -0.1) is 0 Å². The molecule has 8 aliphatic carbocycles. The molecule has 116 heavy (non-hydrogen) atoms. The normalized spacial score (nSPS) is 25.2. The Morgan fingerprint density at radius 1 is 0.440 bits per heavy atom. The van der Waals surface area contributed by atoms with Crippen LogP contribution in [0.3, 0.4) is 0 Å². The lowest BCUT2D eigenvalue weighted by Gasteiger charge is -2.63. The van der Waals surface area contributed by atoms with Gasteiger partial charge in [-0.2, -0.15) is 52.7 Å². The number of halogens is 15. The number of rotatable bonds is 17. The highest BCUT2D eigenvalue weighted by molar-refractivity contribution is 5.78. The molecule has 2 heterocycles. The standard InChI is InChI=1S/2C24H25IO2.2C17H20F6O4.C6H15N.ClH/c2*1-17-15-22(27-16-18-5-11-21(26)12-6-18)13-14-23(17)25-20-9-7-19(8-10-20)24(2,3)4;2*1-13(18,19)12(24)27-14-4-9-2-10(5-14)17(11(3-9)6-14)25-7-15(20,21)16(22,23)8-26-17;1-4-7(5-2)6-3;/h2*5-15H,16H2,1-4H3;2*9-11H,2-8H2,1H3;4-6H2,1-3H3;1H/p+2. The molecule has 10 aliphatic rings. The van der Waals surface area contributed by atoms with Crippen molar-refractivity contribution in [3.63, 3.8) is 0 Å². The molecule has 8 bridgehead atoms. The van der Waals surface area contributed by atoms with Gasteiger partial charge < -0.3 is 65.4 Å². The maximum Gasteiger partial charge on any atom is 0.377 e. The molecule has 6 aromatic rings. The van der Waals surface area contributed by atoms with Crippen molar-refractivity contribution in [3.05, 3.63) is 181 Å². The average molecular weight is 1890 g/mol. The molecule has 2 aliphatic heterocycles.